The lowest BCUT2D eigenvalue weighted by Crippen LogP contribution is -3.00. The highest BCUT2D eigenvalue weighted by atomic mass is 79.9. The summed E-state index contributed by atoms with van der Waals surface area (Å²) < 4.78 is 5.85. The second-order valence-electron chi connectivity index (χ2n) is 5.12. The fourth-order valence-corrected chi connectivity index (χ4v) is 2.20. The Morgan fingerprint density at radius 1 is 1.11 bits per heavy atom. The normalized spacial score (nSPS) is 17.7. The van der Waals surface area contributed by atoms with Crippen LogP contribution >= 0.6 is 0 Å². The Balaban J connectivity index is 0.00000162. The summed E-state index contributed by atoms with van der Waals surface area (Å²) >= 11 is 0. The lowest BCUT2D eigenvalue weighted by molar-refractivity contribution is -0.875. The molecule has 3 nitrogen and oxygen atoms in total. The summed E-state index contributed by atoms with van der Waals surface area (Å²) in [4.78, 5) is 11.7. The second kappa shape index (κ2) is 5.67. The van der Waals surface area contributed by atoms with Crippen molar-refractivity contribution in [1.82, 2.24) is 0 Å². The highest BCUT2D eigenvalue weighted by Crippen LogP contribution is 2.23. The van der Waals surface area contributed by atoms with Crippen LogP contribution in [0.2, 0.25) is 0 Å². The molecule has 4 heteroatoms. The standard InChI is InChI=1S/C14H18NO2.BrH/c1-15(2)9-12(8-13(16)10-15)11-4-6-14(17-3)7-5-11;/h4-8H,9-10H2,1-3H3;1H/q+1;/p-1. The summed E-state index contributed by atoms with van der Waals surface area (Å²) in [6.45, 7) is 1.47. The van der Waals surface area contributed by atoms with E-state index < -0.39 is 0 Å². The molecule has 1 aliphatic heterocycles. The molecule has 2 rings (SSSR count). The molecule has 0 bridgehead atoms. The number of ether oxygens (including phenoxy) is 1. The van der Waals surface area contributed by atoms with Crippen molar-refractivity contribution in [2.45, 2.75) is 0 Å². The molecule has 0 amide bonds. The van der Waals surface area contributed by atoms with Gasteiger partial charge in [0.05, 0.1) is 21.2 Å². The summed E-state index contributed by atoms with van der Waals surface area (Å²) in [6.07, 6.45) is 1.77. The summed E-state index contributed by atoms with van der Waals surface area (Å²) in [7, 11) is 5.81. The molecule has 1 heterocycles. The Labute approximate surface area is 118 Å². The monoisotopic (exact) mass is 311 g/mol. The quantitative estimate of drug-likeness (QED) is 0.638. The van der Waals surface area contributed by atoms with Crippen molar-refractivity contribution in [2.24, 2.45) is 0 Å². The van der Waals surface area contributed by atoms with Crippen molar-refractivity contribution >= 4 is 11.4 Å². The number of hydrogen-bond acceptors (Lipinski definition) is 2. The van der Waals surface area contributed by atoms with E-state index in [1.54, 1.807) is 13.2 Å². The predicted octanol–water partition coefficient (Wildman–Crippen LogP) is -1.26. The van der Waals surface area contributed by atoms with E-state index in [0.717, 1.165) is 27.9 Å². The minimum absolute atomic E-state index is 0. The first-order valence-corrected chi connectivity index (χ1v) is 5.70. The Kier molecular flexibility index (Phi) is 4.71. The van der Waals surface area contributed by atoms with Gasteiger partial charge in [-0.3, -0.25) is 4.79 Å². The largest absolute Gasteiger partial charge is 1.00 e. The highest BCUT2D eigenvalue weighted by molar-refractivity contribution is 5.99. The maximum Gasteiger partial charge on any atom is 0.210 e. The van der Waals surface area contributed by atoms with Crippen LogP contribution in [0.1, 0.15) is 5.56 Å². The van der Waals surface area contributed by atoms with Gasteiger partial charge in [0.15, 0.2) is 0 Å². The van der Waals surface area contributed by atoms with E-state index in [0.29, 0.717) is 6.54 Å². The number of quaternary nitrogens is 1. The van der Waals surface area contributed by atoms with Gasteiger partial charge in [0, 0.05) is 5.57 Å². The van der Waals surface area contributed by atoms with E-state index in [1.807, 2.05) is 24.3 Å². The molecule has 0 spiro atoms. The zero-order valence-corrected chi connectivity index (χ0v) is 12.5. The van der Waals surface area contributed by atoms with E-state index >= 15 is 0 Å². The minimum atomic E-state index is 0. The van der Waals surface area contributed by atoms with Crippen molar-refractivity contribution < 1.29 is 31.0 Å². The molecule has 0 radical (unpaired) electrons. The molecule has 1 aromatic rings. The average molecular weight is 312 g/mol. The molecule has 0 aliphatic carbocycles. The molecular weight excluding hydrogens is 294 g/mol. The smallest absolute Gasteiger partial charge is 0.210 e. The first kappa shape index (κ1) is 14.9. The van der Waals surface area contributed by atoms with Gasteiger partial charge in [0.2, 0.25) is 5.78 Å². The Hall–Kier alpha value is -1.13. The van der Waals surface area contributed by atoms with Crippen LogP contribution in [0.5, 0.6) is 5.75 Å². The van der Waals surface area contributed by atoms with Crippen molar-refractivity contribution in [2.75, 3.05) is 34.3 Å². The molecular formula is C14H18BrNO2. The third-order valence-corrected chi connectivity index (χ3v) is 2.98. The van der Waals surface area contributed by atoms with Crippen molar-refractivity contribution in [3.63, 3.8) is 0 Å². The first-order valence-electron chi connectivity index (χ1n) is 5.70. The SMILES string of the molecule is COc1ccc(C2=CC(=O)C[N+](C)(C)C2)cc1.[Br-]. The highest BCUT2D eigenvalue weighted by Gasteiger charge is 2.26. The number of hydrogen-bond donors (Lipinski definition) is 0. The van der Waals surface area contributed by atoms with Gasteiger partial charge in [-0.05, 0) is 23.8 Å². The molecule has 0 fully saturated rings. The fourth-order valence-electron chi connectivity index (χ4n) is 2.20. The van der Waals surface area contributed by atoms with Gasteiger partial charge in [0.25, 0.3) is 0 Å². The Bertz CT molecular complexity index is 463. The fraction of sp³-hybridized carbons (Fsp3) is 0.357. The molecule has 0 saturated heterocycles. The van der Waals surface area contributed by atoms with E-state index in [4.69, 9.17) is 4.74 Å². The molecule has 0 atom stereocenters. The van der Waals surface area contributed by atoms with Crippen LogP contribution in [0.25, 0.3) is 5.57 Å². The summed E-state index contributed by atoms with van der Waals surface area (Å²) in [5, 5.41) is 0. The number of carbonyl (C=O) groups excluding carboxylic acids is 1. The van der Waals surface area contributed by atoms with Crippen LogP contribution < -0.4 is 21.7 Å². The van der Waals surface area contributed by atoms with Gasteiger partial charge < -0.3 is 26.2 Å². The molecule has 0 saturated carbocycles. The Morgan fingerprint density at radius 2 is 1.72 bits per heavy atom. The third kappa shape index (κ3) is 3.43. The van der Waals surface area contributed by atoms with E-state index in [9.17, 15) is 4.79 Å². The maximum atomic E-state index is 11.7. The average Bonchev–Trinajstić information content (AvgIpc) is 2.26. The maximum absolute atomic E-state index is 11.7. The zero-order valence-electron chi connectivity index (χ0n) is 10.9. The van der Waals surface area contributed by atoms with Gasteiger partial charge >= 0.3 is 0 Å². The van der Waals surface area contributed by atoms with Gasteiger partial charge in [-0.15, -0.1) is 0 Å². The molecule has 98 valence electrons. The zero-order chi connectivity index (χ0) is 12.5. The summed E-state index contributed by atoms with van der Waals surface area (Å²) in [6, 6.07) is 7.86. The minimum Gasteiger partial charge on any atom is -1.00 e. The molecule has 0 unspecified atom stereocenters. The number of methoxy groups -OCH3 is 1. The van der Waals surface area contributed by atoms with Crippen LogP contribution in [0.4, 0.5) is 0 Å². The number of likely N-dealkylation sites (N-methyl/N-ethyl adjacent to an activating group) is 1. The lowest BCUT2D eigenvalue weighted by atomic mass is 9.99. The first-order chi connectivity index (χ1) is 8.00. The van der Waals surface area contributed by atoms with Crippen molar-refractivity contribution in [3.05, 3.63) is 35.9 Å². The molecule has 0 N–H and O–H groups in total. The van der Waals surface area contributed by atoms with Gasteiger partial charge in [0.1, 0.15) is 18.8 Å². The van der Waals surface area contributed by atoms with Crippen LogP contribution in [-0.4, -0.2) is 44.6 Å². The van der Waals surface area contributed by atoms with Crippen molar-refractivity contribution in [3.8, 4) is 5.75 Å². The van der Waals surface area contributed by atoms with Crippen molar-refractivity contribution in [1.29, 1.82) is 0 Å². The molecule has 0 aromatic heterocycles. The molecule has 1 aliphatic rings. The third-order valence-electron chi connectivity index (χ3n) is 2.98. The van der Waals surface area contributed by atoms with Crippen LogP contribution in [0.3, 0.4) is 0 Å². The number of carbonyl (C=O) groups is 1. The number of ketones is 1. The van der Waals surface area contributed by atoms with E-state index in [2.05, 4.69) is 14.1 Å². The van der Waals surface area contributed by atoms with Gasteiger partial charge in [-0.1, -0.05) is 12.1 Å². The second-order valence-corrected chi connectivity index (χ2v) is 5.12. The van der Waals surface area contributed by atoms with Crippen LogP contribution in [-0.2, 0) is 4.79 Å². The summed E-state index contributed by atoms with van der Waals surface area (Å²) in [5.74, 6) is 1.04. The number of nitrogens with zero attached hydrogens (tertiary/aromatic N) is 1. The summed E-state index contributed by atoms with van der Waals surface area (Å²) in [5.41, 5.74) is 2.21. The van der Waals surface area contributed by atoms with Crippen LogP contribution in [0.15, 0.2) is 30.3 Å². The Morgan fingerprint density at radius 3 is 2.22 bits per heavy atom. The molecule has 18 heavy (non-hydrogen) atoms. The predicted molar refractivity (Wildman–Crippen MR) is 67.8 cm³/mol. The van der Waals surface area contributed by atoms with Gasteiger partial charge in [-0.2, -0.15) is 0 Å². The van der Waals surface area contributed by atoms with E-state index in [1.165, 1.54) is 0 Å². The van der Waals surface area contributed by atoms with Crippen LogP contribution in [0, 0.1) is 0 Å². The number of halogens is 1. The number of benzene rings is 1. The topological polar surface area (TPSA) is 26.3 Å². The molecule has 1 aromatic carbocycles. The van der Waals surface area contributed by atoms with Gasteiger partial charge in [-0.25, -0.2) is 0 Å². The number of rotatable bonds is 2. The van der Waals surface area contributed by atoms with E-state index in [-0.39, 0.29) is 22.8 Å². The lowest BCUT2D eigenvalue weighted by Gasteiger charge is -2.32.